The molecule has 2 heterocycles. The molecule has 0 aliphatic carbocycles. The minimum atomic E-state index is -4.66. The molecule has 0 saturated heterocycles. The van der Waals surface area contributed by atoms with E-state index in [1.807, 2.05) is 0 Å². The first-order valence-corrected chi connectivity index (χ1v) is 7.77. The summed E-state index contributed by atoms with van der Waals surface area (Å²) in [5, 5.41) is 3.03. The van der Waals surface area contributed by atoms with Crippen LogP contribution in [0.1, 0.15) is 17.3 Å². The Balaban J connectivity index is 1.73. The van der Waals surface area contributed by atoms with Crippen LogP contribution in [-0.4, -0.2) is 14.7 Å². The van der Waals surface area contributed by atoms with Gasteiger partial charge >= 0.3 is 6.18 Å². The van der Waals surface area contributed by atoms with Gasteiger partial charge in [0, 0.05) is 6.20 Å². The molecule has 1 aromatic carbocycles. The van der Waals surface area contributed by atoms with Gasteiger partial charge in [-0.3, -0.25) is 4.79 Å². The Morgan fingerprint density at radius 2 is 1.93 bits per heavy atom. The van der Waals surface area contributed by atoms with Gasteiger partial charge in [0.15, 0.2) is 6.61 Å². The molecule has 0 amide bonds. The number of ether oxygens (including phenoxy) is 1. The first kappa shape index (κ1) is 18.9. The van der Waals surface area contributed by atoms with Crippen molar-refractivity contribution >= 4 is 11.6 Å². The third kappa shape index (κ3) is 4.64. The smallest absolute Gasteiger partial charge is 0.417 e. The summed E-state index contributed by atoms with van der Waals surface area (Å²) in [4.78, 5) is 15.9. The maximum atomic E-state index is 12.8. The summed E-state index contributed by atoms with van der Waals surface area (Å²) in [5.41, 5.74) is -1.90. The van der Waals surface area contributed by atoms with Crippen molar-refractivity contribution in [2.45, 2.75) is 19.3 Å². The van der Waals surface area contributed by atoms with Gasteiger partial charge < -0.3 is 13.8 Å². The molecule has 0 unspecified atom stereocenters. The largest absolute Gasteiger partial charge is 0.485 e. The highest BCUT2D eigenvalue weighted by atomic mass is 35.5. The molecule has 3 aromatic rings. The van der Waals surface area contributed by atoms with E-state index in [1.165, 1.54) is 24.3 Å². The summed E-state index contributed by atoms with van der Waals surface area (Å²) in [6, 6.07) is 5.78. The number of aromatic nitrogens is 3. The Morgan fingerprint density at radius 1 is 1.22 bits per heavy atom. The van der Waals surface area contributed by atoms with Crippen molar-refractivity contribution in [3.05, 3.63) is 75.0 Å². The molecule has 0 fully saturated rings. The van der Waals surface area contributed by atoms with Crippen LogP contribution in [0.25, 0.3) is 0 Å². The number of hydrogen-bond donors (Lipinski definition) is 0. The van der Waals surface area contributed by atoms with Gasteiger partial charge in [0.1, 0.15) is 23.1 Å². The molecule has 142 valence electrons. The van der Waals surface area contributed by atoms with Gasteiger partial charge in [-0.25, -0.2) is 4.39 Å². The molecular weight excluding hydrogens is 394 g/mol. The number of nitrogens with zero attached hydrogens (tertiary/aromatic N) is 3. The second-order valence-electron chi connectivity index (χ2n) is 5.35. The van der Waals surface area contributed by atoms with Gasteiger partial charge in [0.05, 0.1) is 5.56 Å². The van der Waals surface area contributed by atoms with Crippen molar-refractivity contribution < 1.29 is 26.8 Å². The van der Waals surface area contributed by atoms with Crippen LogP contribution in [0.2, 0.25) is 5.02 Å². The second-order valence-corrected chi connectivity index (χ2v) is 5.76. The third-order valence-electron chi connectivity index (χ3n) is 3.37. The van der Waals surface area contributed by atoms with Crippen LogP contribution in [0.15, 0.2) is 45.8 Å². The molecule has 0 N–H and O–H groups in total. The Hall–Kier alpha value is -2.88. The summed E-state index contributed by atoms with van der Waals surface area (Å²) in [6.45, 7) is -0.514. The lowest BCUT2D eigenvalue weighted by Crippen LogP contribution is -2.23. The van der Waals surface area contributed by atoms with Crippen LogP contribution in [0.5, 0.6) is 5.75 Å². The average Bonchev–Trinajstić information content (AvgIpc) is 3.05. The quantitative estimate of drug-likeness (QED) is 0.608. The Bertz CT molecular complexity index is 999. The molecule has 3 rings (SSSR count). The van der Waals surface area contributed by atoms with Crippen LogP contribution < -0.4 is 10.3 Å². The Labute approximate surface area is 153 Å². The van der Waals surface area contributed by atoms with E-state index >= 15 is 0 Å². The van der Waals surface area contributed by atoms with Crippen LogP contribution in [0, 0.1) is 5.82 Å². The van der Waals surface area contributed by atoms with Gasteiger partial charge in [-0.05, 0) is 30.3 Å². The highest BCUT2D eigenvalue weighted by Gasteiger charge is 2.32. The van der Waals surface area contributed by atoms with E-state index in [2.05, 4.69) is 10.1 Å². The molecule has 6 nitrogen and oxygen atoms in total. The number of rotatable bonds is 5. The number of halogens is 5. The fourth-order valence-electron chi connectivity index (χ4n) is 2.11. The molecule has 0 radical (unpaired) electrons. The summed E-state index contributed by atoms with van der Waals surface area (Å²) in [7, 11) is 0. The number of alkyl halides is 3. The van der Waals surface area contributed by atoms with Crippen molar-refractivity contribution in [2.24, 2.45) is 0 Å². The fourth-order valence-corrected chi connectivity index (χ4v) is 2.34. The van der Waals surface area contributed by atoms with Crippen LogP contribution >= 0.6 is 11.6 Å². The number of hydrogen-bond acceptors (Lipinski definition) is 5. The summed E-state index contributed by atoms with van der Waals surface area (Å²) < 4.78 is 62.3. The molecule has 0 spiro atoms. The minimum Gasteiger partial charge on any atom is -0.485 e. The topological polar surface area (TPSA) is 70.2 Å². The molecule has 0 atom stereocenters. The lowest BCUT2D eigenvalue weighted by Gasteiger charge is -2.10. The van der Waals surface area contributed by atoms with Gasteiger partial charge in [0.25, 0.3) is 5.56 Å². The molecule has 0 aliphatic rings. The highest BCUT2D eigenvalue weighted by Crippen LogP contribution is 2.29. The molecule has 0 aliphatic heterocycles. The Kier molecular flexibility index (Phi) is 5.17. The molecule has 11 heteroatoms. The van der Waals surface area contributed by atoms with E-state index in [1.54, 1.807) is 0 Å². The highest BCUT2D eigenvalue weighted by molar-refractivity contribution is 6.30. The van der Waals surface area contributed by atoms with Crippen molar-refractivity contribution in [2.75, 3.05) is 0 Å². The SMILES string of the molecule is O=c1c(Cl)cc(C(F)(F)F)cn1Cc1nc(COc2ccc(F)cc2)no1. The third-order valence-corrected chi connectivity index (χ3v) is 3.64. The van der Waals surface area contributed by atoms with Gasteiger partial charge in [-0.15, -0.1) is 0 Å². The Morgan fingerprint density at radius 3 is 2.59 bits per heavy atom. The normalized spacial score (nSPS) is 11.6. The minimum absolute atomic E-state index is 0.0976. The zero-order chi connectivity index (χ0) is 19.6. The zero-order valence-electron chi connectivity index (χ0n) is 13.3. The lowest BCUT2D eigenvalue weighted by molar-refractivity contribution is -0.138. The van der Waals surface area contributed by atoms with E-state index in [0.29, 0.717) is 18.0 Å². The van der Waals surface area contributed by atoms with Crippen molar-refractivity contribution in [3.63, 3.8) is 0 Å². The van der Waals surface area contributed by atoms with Gasteiger partial charge in [-0.2, -0.15) is 18.2 Å². The fraction of sp³-hybridized carbons (Fsp3) is 0.188. The van der Waals surface area contributed by atoms with Crippen LogP contribution in [-0.2, 0) is 19.3 Å². The monoisotopic (exact) mass is 403 g/mol. The second kappa shape index (κ2) is 7.39. The molecule has 0 bridgehead atoms. The summed E-state index contributed by atoms with van der Waals surface area (Å²) >= 11 is 5.58. The zero-order valence-corrected chi connectivity index (χ0v) is 14.1. The average molecular weight is 404 g/mol. The summed E-state index contributed by atoms with van der Waals surface area (Å²) in [6.07, 6.45) is -4.05. The molecule has 0 saturated carbocycles. The van der Waals surface area contributed by atoms with Gasteiger partial charge in [0.2, 0.25) is 11.7 Å². The van der Waals surface area contributed by atoms with E-state index in [0.717, 1.165) is 4.57 Å². The molecule has 2 aromatic heterocycles. The maximum absolute atomic E-state index is 12.8. The van der Waals surface area contributed by atoms with E-state index in [-0.39, 0.29) is 18.3 Å². The predicted molar refractivity (Wildman–Crippen MR) is 84.8 cm³/mol. The van der Waals surface area contributed by atoms with E-state index < -0.39 is 34.7 Å². The molecule has 27 heavy (non-hydrogen) atoms. The van der Waals surface area contributed by atoms with Crippen LogP contribution in [0.4, 0.5) is 17.6 Å². The standard InChI is InChI=1S/C16H10ClF4N3O3/c17-12-5-9(16(19,20)21)6-24(15(12)25)7-14-22-13(23-27-14)8-26-11-3-1-10(18)2-4-11/h1-6H,7-8H2. The lowest BCUT2D eigenvalue weighted by atomic mass is 10.2. The van der Waals surface area contributed by atoms with E-state index in [9.17, 15) is 22.4 Å². The van der Waals surface area contributed by atoms with Gasteiger partial charge in [-0.1, -0.05) is 16.8 Å². The summed E-state index contributed by atoms with van der Waals surface area (Å²) in [5.74, 6) is -0.0661. The first-order valence-electron chi connectivity index (χ1n) is 7.39. The maximum Gasteiger partial charge on any atom is 0.417 e. The van der Waals surface area contributed by atoms with E-state index in [4.69, 9.17) is 20.9 Å². The van der Waals surface area contributed by atoms with Crippen LogP contribution in [0.3, 0.4) is 0 Å². The van der Waals surface area contributed by atoms with Crippen molar-refractivity contribution in [3.8, 4) is 5.75 Å². The first-order chi connectivity index (χ1) is 12.7. The molecular formula is C16H10ClF4N3O3. The van der Waals surface area contributed by atoms with Crippen molar-refractivity contribution in [1.29, 1.82) is 0 Å². The number of pyridine rings is 1. The van der Waals surface area contributed by atoms with Crippen molar-refractivity contribution in [1.82, 2.24) is 14.7 Å². The number of benzene rings is 1. The predicted octanol–water partition coefficient (Wildman–Crippen LogP) is 3.67.